The quantitative estimate of drug-likeness (QED) is 0.212. The Hall–Kier alpha value is -5.21. The molecule has 2 heteroatoms. The van der Waals surface area contributed by atoms with Crippen LogP contribution in [0, 0.1) is 0 Å². The largest absolute Gasteiger partial charge is 0.454 e. The summed E-state index contributed by atoms with van der Waals surface area (Å²) in [6, 6.07) is 45.5. The second kappa shape index (κ2) is 7.66. The van der Waals surface area contributed by atoms with E-state index in [0.717, 1.165) is 49.5 Å². The van der Waals surface area contributed by atoms with Gasteiger partial charge in [0.1, 0.15) is 11.1 Å². The molecule has 0 aliphatic carbocycles. The average molecular weight is 496 g/mol. The number of hydrogen-bond acceptors (Lipinski definition) is 2. The molecule has 9 aromatic rings. The molecular weight excluding hydrogens is 474 g/mol. The molecule has 0 saturated heterocycles. The van der Waals surface area contributed by atoms with Gasteiger partial charge in [-0.1, -0.05) is 109 Å². The van der Waals surface area contributed by atoms with E-state index in [1.807, 2.05) is 12.1 Å². The molecule has 0 N–H and O–H groups in total. The molecule has 0 amide bonds. The van der Waals surface area contributed by atoms with Gasteiger partial charge in [0.15, 0.2) is 5.58 Å². The Kier molecular flexibility index (Phi) is 4.08. The molecule has 0 radical (unpaired) electrons. The van der Waals surface area contributed by atoms with Gasteiger partial charge in [0, 0.05) is 27.1 Å². The third-order valence-corrected chi connectivity index (χ3v) is 8.23. The predicted octanol–water partition coefficient (Wildman–Crippen LogP) is 10.4. The van der Waals surface area contributed by atoms with Crippen molar-refractivity contribution in [2.75, 3.05) is 0 Å². The van der Waals surface area contributed by atoms with Gasteiger partial charge in [0.05, 0.1) is 5.69 Å². The monoisotopic (exact) mass is 495 g/mol. The lowest BCUT2D eigenvalue weighted by molar-refractivity contribution is 0.672. The predicted molar refractivity (Wildman–Crippen MR) is 164 cm³/mol. The maximum atomic E-state index is 6.40. The zero-order chi connectivity index (χ0) is 25.5. The van der Waals surface area contributed by atoms with E-state index in [0.29, 0.717) is 0 Å². The highest BCUT2D eigenvalue weighted by atomic mass is 16.3. The van der Waals surface area contributed by atoms with E-state index in [9.17, 15) is 0 Å². The van der Waals surface area contributed by atoms with E-state index in [1.54, 1.807) is 0 Å². The summed E-state index contributed by atoms with van der Waals surface area (Å²) in [7, 11) is 0. The lowest BCUT2D eigenvalue weighted by Crippen LogP contribution is -1.91. The first-order chi connectivity index (χ1) is 19.3. The van der Waals surface area contributed by atoms with Gasteiger partial charge in [0.2, 0.25) is 0 Å². The van der Waals surface area contributed by atoms with Crippen LogP contribution < -0.4 is 0 Å². The normalized spacial score (nSPS) is 12.1. The first-order valence-electron chi connectivity index (χ1n) is 13.3. The van der Waals surface area contributed by atoms with Gasteiger partial charge < -0.3 is 4.42 Å². The molecular formula is C37H21NO. The number of para-hydroxylation sites is 1. The Morgan fingerprint density at radius 1 is 0.410 bits per heavy atom. The maximum Gasteiger partial charge on any atom is 0.161 e. The number of furan rings is 1. The molecule has 0 spiro atoms. The third kappa shape index (κ3) is 2.89. The first kappa shape index (κ1) is 20.8. The second-order valence-electron chi connectivity index (χ2n) is 10.3. The van der Waals surface area contributed by atoms with Crippen molar-refractivity contribution >= 4 is 75.9 Å². The van der Waals surface area contributed by atoms with Crippen LogP contribution in [0.2, 0.25) is 0 Å². The summed E-state index contributed by atoms with van der Waals surface area (Å²) in [6.07, 6.45) is 0. The SMILES string of the molecule is c1ccc2c(c1)ccc1c3ccc(-c4nc5c(ccc6c7ccccc7oc65)c5ccccc45)cc3ccc21. The summed E-state index contributed by atoms with van der Waals surface area (Å²) in [5.41, 5.74) is 4.73. The van der Waals surface area contributed by atoms with E-state index in [-0.39, 0.29) is 0 Å². The van der Waals surface area contributed by atoms with Gasteiger partial charge >= 0.3 is 0 Å². The van der Waals surface area contributed by atoms with Crippen molar-refractivity contribution in [3.05, 3.63) is 127 Å². The summed E-state index contributed by atoms with van der Waals surface area (Å²) in [6.45, 7) is 0. The van der Waals surface area contributed by atoms with Gasteiger partial charge in [0.25, 0.3) is 0 Å². The van der Waals surface area contributed by atoms with Crippen molar-refractivity contribution in [1.29, 1.82) is 0 Å². The van der Waals surface area contributed by atoms with Crippen LogP contribution in [0.3, 0.4) is 0 Å². The Morgan fingerprint density at radius 3 is 1.87 bits per heavy atom. The van der Waals surface area contributed by atoms with Crippen molar-refractivity contribution in [3.8, 4) is 11.3 Å². The molecule has 0 bridgehead atoms. The number of benzene rings is 7. The number of nitrogens with zero attached hydrogens (tertiary/aromatic N) is 1. The Balaban J connectivity index is 1.35. The first-order valence-corrected chi connectivity index (χ1v) is 13.3. The molecule has 2 nitrogen and oxygen atoms in total. The molecule has 0 atom stereocenters. The maximum absolute atomic E-state index is 6.40. The van der Waals surface area contributed by atoms with E-state index in [1.165, 1.54) is 37.7 Å². The fourth-order valence-electron chi connectivity index (χ4n) is 6.40. The van der Waals surface area contributed by atoms with Crippen molar-refractivity contribution < 1.29 is 4.42 Å². The van der Waals surface area contributed by atoms with E-state index >= 15 is 0 Å². The number of fused-ring (bicyclic) bond motifs is 12. The molecule has 0 saturated carbocycles. The van der Waals surface area contributed by atoms with Crippen LogP contribution in [-0.2, 0) is 0 Å². The van der Waals surface area contributed by atoms with E-state index in [2.05, 4.69) is 115 Å². The van der Waals surface area contributed by atoms with Crippen LogP contribution in [-0.4, -0.2) is 4.98 Å². The van der Waals surface area contributed by atoms with Gasteiger partial charge in [-0.05, 0) is 55.9 Å². The lowest BCUT2D eigenvalue weighted by atomic mass is 9.94. The molecule has 180 valence electrons. The number of pyridine rings is 1. The number of aromatic nitrogens is 1. The smallest absolute Gasteiger partial charge is 0.161 e. The third-order valence-electron chi connectivity index (χ3n) is 8.23. The van der Waals surface area contributed by atoms with Gasteiger partial charge in [-0.3, -0.25) is 0 Å². The van der Waals surface area contributed by atoms with Crippen LogP contribution in [0.4, 0.5) is 0 Å². The van der Waals surface area contributed by atoms with Crippen molar-refractivity contribution in [2.24, 2.45) is 0 Å². The average Bonchev–Trinajstić information content (AvgIpc) is 3.39. The second-order valence-corrected chi connectivity index (χ2v) is 10.3. The highest BCUT2D eigenvalue weighted by Crippen LogP contribution is 2.40. The zero-order valence-corrected chi connectivity index (χ0v) is 21.0. The highest BCUT2D eigenvalue weighted by Gasteiger charge is 2.16. The van der Waals surface area contributed by atoms with Crippen LogP contribution >= 0.6 is 0 Å². The van der Waals surface area contributed by atoms with Crippen LogP contribution in [0.5, 0.6) is 0 Å². The molecule has 0 aliphatic rings. The highest BCUT2D eigenvalue weighted by molar-refractivity contribution is 6.21. The minimum absolute atomic E-state index is 0.847. The summed E-state index contributed by atoms with van der Waals surface area (Å²) < 4.78 is 6.40. The molecule has 2 heterocycles. The van der Waals surface area contributed by atoms with E-state index < -0.39 is 0 Å². The van der Waals surface area contributed by atoms with Crippen molar-refractivity contribution in [2.45, 2.75) is 0 Å². The Morgan fingerprint density at radius 2 is 1.00 bits per heavy atom. The fraction of sp³-hybridized carbons (Fsp3) is 0. The Bertz CT molecular complexity index is 2450. The van der Waals surface area contributed by atoms with Crippen LogP contribution in [0.1, 0.15) is 0 Å². The molecule has 0 unspecified atom stereocenters. The minimum Gasteiger partial charge on any atom is -0.454 e. The molecule has 9 rings (SSSR count). The van der Waals surface area contributed by atoms with Crippen molar-refractivity contribution in [3.63, 3.8) is 0 Å². The van der Waals surface area contributed by atoms with E-state index in [4.69, 9.17) is 9.40 Å². The van der Waals surface area contributed by atoms with Crippen LogP contribution in [0.15, 0.2) is 132 Å². The zero-order valence-electron chi connectivity index (χ0n) is 21.0. The van der Waals surface area contributed by atoms with Gasteiger partial charge in [-0.25, -0.2) is 4.98 Å². The molecule has 7 aromatic carbocycles. The van der Waals surface area contributed by atoms with Crippen LogP contribution in [0.25, 0.3) is 87.2 Å². The fourth-order valence-corrected chi connectivity index (χ4v) is 6.40. The standard InChI is InChI=1S/C37H21NO/c1-2-8-25-22(7-1)13-17-29-26-16-15-24(21-23(26)14-18-28(25)29)35-31-11-4-3-9-27(31)32-19-20-33-30-10-5-6-12-34(30)39-37(33)36(32)38-35/h1-21H. The molecule has 39 heavy (non-hydrogen) atoms. The molecule has 2 aromatic heterocycles. The van der Waals surface area contributed by atoms with Crippen molar-refractivity contribution in [1.82, 2.24) is 4.98 Å². The summed E-state index contributed by atoms with van der Waals surface area (Å²) in [5.74, 6) is 0. The number of rotatable bonds is 1. The summed E-state index contributed by atoms with van der Waals surface area (Å²) in [5, 5.41) is 13.3. The molecule has 0 aliphatic heterocycles. The number of hydrogen-bond donors (Lipinski definition) is 0. The topological polar surface area (TPSA) is 26.0 Å². The Labute approximate surface area is 223 Å². The van der Waals surface area contributed by atoms with Gasteiger partial charge in [-0.2, -0.15) is 0 Å². The molecule has 0 fully saturated rings. The van der Waals surface area contributed by atoms with Gasteiger partial charge in [-0.15, -0.1) is 0 Å². The lowest BCUT2D eigenvalue weighted by Gasteiger charge is -2.12. The summed E-state index contributed by atoms with van der Waals surface area (Å²) >= 11 is 0. The minimum atomic E-state index is 0.847. The summed E-state index contributed by atoms with van der Waals surface area (Å²) in [4.78, 5) is 5.31.